The second-order valence-corrected chi connectivity index (χ2v) is 23.0. The summed E-state index contributed by atoms with van der Waals surface area (Å²) in [6.07, 6.45) is 14.6. The van der Waals surface area contributed by atoms with Crippen LogP contribution in [0.3, 0.4) is 0 Å². The van der Waals surface area contributed by atoms with E-state index in [9.17, 15) is 24.6 Å². The van der Waals surface area contributed by atoms with Crippen molar-refractivity contribution in [1.29, 1.82) is 0 Å². The van der Waals surface area contributed by atoms with E-state index in [-0.39, 0.29) is 75.6 Å². The zero-order chi connectivity index (χ0) is 41.5. The van der Waals surface area contributed by atoms with E-state index >= 15 is 0 Å². The first-order valence-corrected chi connectivity index (χ1v) is 23.6. The monoisotopic (exact) mass is 822 g/mol. The van der Waals surface area contributed by atoms with Crippen molar-refractivity contribution in [1.82, 2.24) is 36.3 Å². The molecule has 0 radical (unpaired) electrons. The summed E-state index contributed by atoms with van der Waals surface area (Å²) in [6, 6.07) is 0.350. The number of allylic oxidation sites excluding steroid dienone is 2. The number of aliphatic hydroxyl groups excluding tert-OH is 2. The standard InChI is InChI=1S/C45H71N7O5S/c1-40(2)18-19-45(29(22-40)28-12-13-33-42(5)16-15-34(53)41(3,4)32(42)14-17-43(33,6)44(28,7)23-35(45)54)38(56)47-24-27-25-52(51-50-27)21-20-46-36(55)11-9-8-10-31-37-30(26-58-31)48-39(57)49-37/h12,25,29-35,37,53-54H,8-11,13-24,26H2,1-7H3,(H,46,55)(H,47,56)(H2,48,49,57)/t29?,30-,31-,32?,33?,34-,35+,37-,42-,43+,44+,45+/m0/s1. The van der Waals surface area contributed by atoms with E-state index in [0.29, 0.717) is 55.1 Å². The lowest BCUT2D eigenvalue weighted by molar-refractivity contribution is -0.215. The number of unbranched alkanes of at least 4 members (excludes halogenated alkanes) is 1. The molecule has 8 rings (SSSR count). The highest BCUT2D eigenvalue weighted by molar-refractivity contribution is 8.00. The molecule has 2 aliphatic heterocycles. The summed E-state index contributed by atoms with van der Waals surface area (Å²) in [7, 11) is 0. The molecule has 0 spiro atoms. The van der Waals surface area contributed by atoms with Gasteiger partial charge in [-0.2, -0.15) is 11.8 Å². The molecule has 13 heteroatoms. The zero-order valence-corrected chi connectivity index (χ0v) is 37.0. The van der Waals surface area contributed by atoms with Crippen LogP contribution in [0.15, 0.2) is 17.8 Å². The van der Waals surface area contributed by atoms with Crippen molar-refractivity contribution in [2.45, 2.75) is 175 Å². The lowest BCUT2D eigenvalue weighted by Crippen LogP contribution is -2.68. The van der Waals surface area contributed by atoms with Gasteiger partial charge in [0.1, 0.15) is 5.69 Å². The van der Waals surface area contributed by atoms with Crippen LogP contribution in [0.1, 0.15) is 138 Å². The maximum absolute atomic E-state index is 14.7. The number of rotatable bonds is 11. The summed E-state index contributed by atoms with van der Waals surface area (Å²) in [6.45, 7) is 17.8. The number of hydrogen-bond acceptors (Lipinski definition) is 8. The van der Waals surface area contributed by atoms with Gasteiger partial charge in [0.05, 0.1) is 49.0 Å². The number of carbonyl (C=O) groups is 3. The Bertz CT molecular complexity index is 1800. The fourth-order valence-electron chi connectivity index (χ4n) is 14.3. The highest BCUT2D eigenvalue weighted by Gasteiger charge is 2.71. The van der Waals surface area contributed by atoms with Crippen LogP contribution < -0.4 is 21.3 Å². The van der Waals surface area contributed by atoms with Gasteiger partial charge in [0.2, 0.25) is 11.8 Å². The third kappa shape index (κ3) is 6.83. The molecule has 6 N–H and O–H groups in total. The molecule has 12 atom stereocenters. The number of thioether (sulfide) groups is 1. The molecule has 0 bridgehead atoms. The topological polar surface area (TPSA) is 170 Å². The molecule has 1 aromatic heterocycles. The van der Waals surface area contributed by atoms with Gasteiger partial charge >= 0.3 is 6.03 Å². The number of aliphatic hydroxyl groups is 2. The number of aromatic nitrogens is 3. The third-order valence-corrected chi connectivity index (χ3v) is 19.4. The van der Waals surface area contributed by atoms with Crippen LogP contribution in [0, 0.1) is 50.2 Å². The minimum absolute atomic E-state index is 0.0169. The molecule has 5 aliphatic carbocycles. The summed E-state index contributed by atoms with van der Waals surface area (Å²) in [5, 5.41) is 44.9. The molecule has 4 saturated carbocycles. The molecule has 1 aromatic rings. The van der Waals surface area contributed by atoms with Crippen molar-refractivity contribution in [2.75, 3.05) is 12.3 Å². The normalized spacial score (nSPS) is 42.0. The van der Waals surface area contributed by atoms with E-state index in [1.165, 1.54) is 5.57 Å². The Balaban J connectivity index is 0.883. The highest BCUT2D eigenvalue weighted by Crippen LogP contribution is 2.75. The minimum Gasteiger partial charge on any atom is -0.393 e. The summed E-state index contributed by atoms with van der Waals surface area (Å²) < 4.78 is 1.71. The van der Waals surface area contributed by atoms with Gasteiger partial charge < -0.3 is 31.5 Å². The third-order valence-electron chi connectivity index (χ3n) is 17.8. The molecule has 3 heterocycles. The fourth-order valence-corrected chi connectivity index (χ4v) is 15.8. The van der Waals surface area contributed by atoms with Crippen molar-refractivity contribution >= 4 is 29.6 Å². The Labute approximate surface area is 350 Å². The van der Waals surface area contributed by atoms with Crippen LogP contribution >= 0.6 is 11.8 Å². The number of nitrogens with zero attached hydrogens (tertiary/aromatic N) is 3. The number of carbonyl (C=O) groups excluding carboxylic acids is 3. The van der Waals surface area contributed by atoms with E-state index in [4.69, 9.17) is 0 Å². The van der Waals surface area contributed by atoms with Crippen LogP contribution in [0.2, 0.25) is 0 Å². The summed E-state index contributed by atoms with van der Waals surface area (Å²) in [5.74, 6) is 1.75. The van der Waals surface area contributed by atoms with Crippen LogP contribution in [0.5, 0.6) is 0 Å². The largest absolute Gasteiger partial charge is 0.393 e. The first kappa shape index (κ1) is 42.1. The second kappa shape index (κ2) is 15.1. The van der Waals surface area contributed by atoms with Crippen LogP contribution in [0.25, 0.3) is 0 Å². The smallest absolute Gasteiger partial charge is 0.315 e. The van der Waals surface area contributed by atoms with E-state index in [0.717, 1.165) is 70.0 Å². The van der Waals surface area contributed by atoms with Gasteiger partial charge in [-0.3, -0.25) is 14.3 Å². The lowest BCUT2D eigenvalue weighted by Gasteiger charge is -2.71. The summed E-state index contributed by atoms with van der Waals surface area (Å²) >= 11 is 1.90. The summed E-state index contributed by atoms with van der Waals surface area (Å²) in [5.41, 5.74) is 0.966. The average molecular weight is 822 g/mol. The molecular weight excluding hydrogens is 751 g/mol. The van der Waals surface area contributed by atoms with Gasteiger partial charge in [-0.15, -0.1) is 5.10 Å². The number of hydrogen-bond donors (Lipinski definition) is 6. The van der Waals surface area contributed by atoms with E-state index < -0.39 is 11.5 Å². The van der Waals surface area contributed by atoms with Gasteiger partial charge in [-0.05, 0) is 115 Å². The van der Waals surface area contributed by atoms with Gasteiger partial charge in [0.15, 0.2) is 0 Å². The van der Waals surface area contributed by atoms with E-state index in [1.54, 1.807) is 4.68 Å². The second-order valence-electron chi connectivity index (χ2n) is 21.7. The van der Waals surface area contributed by atoms with Crippen molar-refractivity contribution in [2.24, 2.45) is 50.2 Å². The Morgan fingerprint density at radius 2 is 1.74 bits per heavy atom. The number of amides is 4. The van der Waals surface area contributed by atoms with Gasteiger partial charge in [-0.1, -0.05) is 71.7 Å². The molecule has 12 nitrogen and oxygen atoms in total. The molecule has 6 fully saturated rings. The molecule has 7 aliphatic rings. The number of urea groups is 1. The predicted octanol–water partition coefficient (Wildman–Crippen LogP) is 5.87. The van der Waals surface area contributed by atoms with E-state index in [2.05, 4.69) is 86.1 Å². The molecule has 2 saturated heterocycles. The zero-order valence-electron chi connectivity index (χ0n) is 36.2. The highest BCUT2D eigenvalue weighted by atomic mass is 32.2. The van der Waals surface area contributed by atoms with Crippen molar-refractivity contribution < 1.29 is 24.6 Å². The van der Waals surface area contributed by atoms with Crippen molar-refractivity contribution in [3.8, 4) is 0 Å². The van der Waals surface area contributed by atoms with Crippen molar-refractivity contribution in [3.63, 3.8) is 0 Å². The number of fused-ring (bicyclic) bond motifs is 8. The molecule has 322 valence electrons. The van der Waals surface area contributed by atoms with E-state index in [1.807, 2.05) is 18.0 Å². The Hall–Kier alpha value is -2.64. The molecule has 4 amide bonds. The minimum atomic E-state index is -0.898. The molecular formula is C45H71N7O5S. The molecule has 0 aromatic carbocycles. The van der Waals surface area contributed by atoms with Gasteiger partial charge in [0, 0.05) is 24.0 Å². The van der Waals surface area contributed by atoms with Crippen LogP contribution in [-0.4, -0.2) is 84.9 Å². The molecule has 3 unspecified atom stereocenters. The SMILES string of the molecule is CC1(C)CC[C@@]2(C(=O)NCc3cn(CCNC(=O)CCCC[C@@H]4SC[C@@H]5NC(=O)N[C@@H]54)nn3)C(C1)C1=CCC3[C@@]4(C)CC[C@H](O)C(C)(C)C4CC[C@@]3(C)[C@]1(C)C[C@H]2O. The number of nitrogens with one attached hydrogen (secondary N) is 4. The van der Waals surface area contributed by atoms with Crippen LogP contribution in [-0.2, 0) is 22.7 Å². The maximum atomic E-state index is 14.7. The maximum Gasteiger partial charge on any atom is 0.315 e. The van der Waals surface area contributed by atoms with Crippen LogP contribution in [0.4, 0.5) is 4.79 Å². The summed E-state index contributed by atoms with van der Waals surface area (Å²) in [4.78, 5) is 38.9. The quantitative estimate of drug-likeness (QED) is 0.0915. The molecule has 58 heavy (non-hydrogen) atoms. The van der Waals surface area contributed by atoms with Crippen molar-refractivity contribution in [3.05, 3.63) is 23.5 Å². The Kier molecular flexibility index (Phi) is 10.9. The first-order valence-electron chi connectivity index (χ1n) is 22.5. The first-order chi connectivity index (χ1) is 27.3. The predicted molar refractivity (Wildman–Crippen MR) is 225 cm³/mol. The Morgan fingerprint density at radius 1 is 0.948 bits per heavy atom. The lowest BCUT2D eigenvalue weighted by atomic mass is 9.33. The average Bonchev–Trinajstić information content (AvgIpc) is 3.87. The Morgan fingerprint density at radius 3 is 2.53 bits per heavy atom. The fraction of sp³-hybridized carbons (Fsp3) is 0.844. The van der Waals surface area contributed by atoms with Gasteiger partial charge in [-0.25, -0.2) is 4.79 Å². The van der Waals surface area contributed by atoms with Gasteiger partial charge in [0.25, 0.3) is 0 Å².